The minimum Gasteiger partial charge on any atom is -0.348 e. The molecule has 33 heavy (non-hydrogen) atoms. The molecule has 176 valence electrons. The summed E-state index contributed by atoms with van der Waals surface area (Å²) in [6, 6.07) is 3.00. The molecule has 2 aromatic heterocycles. The first kappa shape index (κ1) is 23.1. The van der Waals surface area contributed by atoms with Gasteiger partial charge in [0.15, 0.2) is 22.4 Å². The van der Waals surface area contributed by atoms with Crippen LogP contribution in [0.1, 0.15) is 33.1 Å². The maximum Gasteiger partial charge on any atom is 0.333 e. The maximum atomic E-state index is 13.5. The van der Waals surface area contributed by atoms with E-state index >= 15 is 0 Å². The lowest BCUT2D eigenvalue weighted by molar-refractivity contribution is -0.116. The summed E-state index contributed by atoms with van der Waals surface area (Å²) in [4.78, 5) is 45.4. The number of carbonyl (C=O) groups is 1. The number of amides is 1. The minimum absolute atomic E-state index is 0.0616. The van der Waals surface area contributed by atoms with Gasteiger partial charge in [-0.05, 0) is 37.3 Å². The standard InChI is InChI=1S/C22H25F2N5O3S/c1-3-8-28-20(31)18-19(26-21(33-18)27-9-6-13(2)7-10-27)29(22(28)32)12-17(30)25-14-4-5-15(23)16(24)11-14/h4-5,11,13H,3,6-10,12H2,1-2H3,(H,25,30). The zero-order chi connectivity index (χ0) is 23.7. The molecule has 11 heteroatoms. The van der Waals surface area contributed by atoms with Crippen LogP contribution < -0.4 is 21.5 Å². The molecule has 8 nitrogen and oxygen atoms in total. The van der Waals surface area contributed by atoms with Crippen molar-refractivity contribution in [2.45, 2.75) is 46.2 Å². The lowest BCUT2D eigenvalue weighted by Gasteiger charge is -2.29. The quantitative estimate of drug-likeness (QED) is 0.589. The number of anilines is 2. The van der Waals surface area contributed by atoms with Gasteiger partial charge in [-0.15, -0.1) is 0 Å². The van der Waals surface area contributed by atoms with E-state index in [0.717, 1.165) is 42.6 Å². The number of nitrogens with one attached hydrogen (secondary N) is 1. The fraction of sp³-hybridized carbons (Fsp3) is 0.455. The van der Waals surface area contributed by atoms with Crippen LogP contribution in [0.5, 0.6) is 0 Å². The second-order valence-corrected chi connectivity index (χ2v) is 9.30. The second kappa shape index (κ2) is 9.42. The van der Waals surface area contributed by atoms with Gasteiger partial charge in [-0.2, -0.15) is 0 Å². The Labute approximate surface area is 192 Å². The van der Waals surface area contributed by atoms with Crippen LogP contribution in [0.2, 0.25) is 0 Å². The number of hydrogen-bond acceptors (Lipinski definition) is 6. The van der Waals surface area contributed by atoms with Gasteiger partial charge >= 0.3 is 5.69 Å². The molecule has 0 atom stereocenters. The Bertz CT molecular complexity index is 1310. The first-order chi connectivity index (χ1) is 15.8. The maximum absolute atomic E-state index is 13.5. The van der Waals surface area contributed by atoms with E-state index in [2.05, 4.69) is 22.1 Å². The van der Waals surface area contributed by atoms with Crippen molar-refractivity contribution in [2.75, 3.05) is 23.3 Å². The molecule has 0 aliphatic carbocycles. The largest absolute Gasteiger partial charge is 0.348 e. The van der Waals surface area contributed by atoms with Gasteiger partial charge in [0.2, 0.25) is 5.91 Å². The van der Waals surface area contributed by atoms with Crippen LogP contribution in [0, 0.1) is 17.6 Å². The number of fused-ring (bicyclic) bond motifs is 1. The molecule has 3 aromatic rings. The predicted octanol–water partition coefficient (Wildman–Crippen LogP) is 3.18. The molecular formula is C22H25F2N5O3S. The van der Waals surface area contributed by atoms with Crippen molar-refractivity contribution in [3.8, 4) is 0 Å². The summed E-state index contributed by atoms with van der Waals surface area (Å²) < 4.78 is 29.3. The van der Waals surface area contributed by atoms with Crippen LogP contribution in [0.15, 0.2) is 27.8 Å². The molecule has 4 rings (SSSR count). The van der Waals surface area contributed by atoms with E-state index in [1.165, 1.54) is 22.0 Å². The number of hydrogen-bond donors (Lipinski definition) is 1. The molecule has 1 aliphatic rings. The molecule has 1 saturated heterocycles. The van der Waals surface area contributed by atoms with Gasteiger partial charge in [-0.1, -0.05) is 25.2 Å². The molecule has 1 fully saturated rings. The summed E-state index contributed by atoms with van der Waals surface area (Å²) in [5, 5.41) is 3.11. The summed E-state index contributed by atoms with van der Waals surface area (Å²) in [5.74, 6) is -2.12. The molecule has 0 unspecified atom stereocenters. The Hall–Kier alpha value is -3.08. The smallest absolute Gasteiger partial charge is 0.333 e. The highest BCUT2D eigenvalue weighted by atomic mass is 32.1. The average Bonchev–Trinajstić information content (AvgIpc) is 3.23. The summed E-state index contributed by atoms with van der Waals surface area (Å²) in [6.45, 7) is 5.47. The second-order valence-electron chi connectivity index (χ2n) is 8.32. The fourth-order valence-electron chi connectivity index (χ4n) is 3.89. The molecule has 0 radical (unpaired) electrons. The van der Waals surface area contributed by atoms with Gasteiger partial charge in [0.1, 0.15) is 11.2 Å². The van der Waals surface area contributed by atoms with Gasteiger partial charge in [-0.3, -0.25) is 18.7 Å². The van der Waals surface area contributed by atoms with Gasteiger partial charge in [0.25, 0.3) is 5.56 Å². The van der Waals surface area contributed by atoms with Crippen molar-refractivity contribution in [2.24, 2.45) is 5.92 Å². The molecule has 0 bridgehead atoms. The van der Waals surface area contributed by atoms with Crippen molar-refractivity contribution in [1.29, 1.82) is 0 Å². The van der Waals surface area contributed by atoms with Crippen molar-refractivity contribution in [3.05, 3.63) is 50.7 Å². The number of nitrogens with zero attached hydrogens (tertiary/aromatic N) is 4. The number of rotatable bonds is 6. The monoisotopic (exact) mass is 477 g/mol. The lowest BCUT2D eigenvalue weighted by Crippen LogP contribution is -2.41. The van der Waals surface area contributed by atoms with E-state index in [4.69, 9.17) is 0 Å². The van der Waals surface area contributed by atoms with Crippen molar-refractivity contribution in [3.63, 3.8) is 0 Å². The van der Waals surface area contributed by atoms with Gasteiger partial charge in [0.05, 0.1) is 0 Å². The zero-order valence-electron chi connectivity index (χ0n) is 18.4. The SMILES string of the molecule is CCCn1c(=O)c2sc(N3CCC(C)CC3)nc2n(CC(=O)Nc2ccc(F)c(F)c2)c1=O. The van der Waals surface area contributed by atoms with Crippen LogP contribution in [0.3, 0.4) is 0 Å². The van der Waals surface area contributed by atoms with Crippen LogP contribution in [-0.2, 0) is 17.9 Å². The van der Waals surface area contributed by atoms with E-state index in [-0.39, 0.29) is 17.9 Å². The number of halogens is 2. The van der Waals surface area contributed by atoms with E-state index in [1.54, 1.807) is 0 Å². The van der Waals surface area contributed by atoms with Crippen molar-refractivity contribution in [1.82, 2.24) is 14.1 Å². The zero-order valence-corrected chi connectivity index (χ0v) is 19.3. The van der Waals surface area contributed by atoms with Crippen LogP contribution in [-0.4, -0.2) is 33.1 Å². The molecule has 1 aromatic carbocycles. The van der Waals surface area contributed by atoms with Crippen molar-refractivity contribution < 1.29 is 13.6 Å². The van der Waals surface area contributed by atoms with E-state index in [0.29, 0.717) is 22.2 Å². The number of thiazole rings is 1. The molecule has 1 amide bonds. The van der Waals surface area contributed by atoms with E-state index in [1.807, 2.05) is 6.92 Å². The predicted molar refractivity (Wildman–Crippen MR) is 124 cm³/mol. The Balaban J connectivity index is 1.72. The summed E-state index contributed by atoms with van der Waals surface area (Å²) >= 11 is 1.23. The first-order valence-electron chi connectivity index (χ1n) is 10.9. The Kier molecular flexibility index (Phi) is 6.59. The molecule has 1 aliphatic heterocycles. The Morgan fingerprint density at radius 3 is 2.58 bits per heavy atom. The highest BCUT2D eigenvalue weighted by Gasteiger charge is 2.24. The summed E-state index contributed by atoms with van der Waals surface area (Å²) in [7, 11) is 0. The number of carbonyl (C=O) groups excluding carboxylic acids is 1. The highest BCUT2D eigenvalue weighted by Crippen LogP contribution is 2.29. The molecule has 0 saturated carbocycles. The Morgan fingerprint density at radius 2 is 1.91 bits per heavy atom. The third-order valence-corrected chi connectivity index (χ3v) is 6.85. The highest BCUT2D eigenvalue weighted by molar-refractivity contribution is 7.22. The summed E-state index contributed by atoms with van der Waals surface area (Å²) in [6.07, 6.45) is 2.59. The topological polar surface area (TPSA) is 89.2 Å². The van der Waals surface area contributed by atoms with Crippen LogP contribution >= 0.6 is 11.3 Å². The number of aromatic nitrogens is 3. The molecular weight excluding hydrogens is 452 g/mol. The van der Waals surface area contributed by atoms with E-state index < -0.39 is 35.3 Å². The van der Waals surface area contributed by atoms with Gasteiger partial charge in [-0.25, -0.2) is 18.6 Å². The average molecular weight is 478 g/mol. The normalized spacial score (nSPS) is 14.7. The van der Waals surface area contributed by atoms with Gasteiger partial charge < -0.3 is 10.2 Å². The van der Waals surface area contributed by atoms with Crippen LogP contribution in [0.4, 0.5) is 19.6 Å². The van der Waals surface area contributed by atoms with E-state index in [9.17, 15) is 23.2 Å². The third kappa shape index (κ3) is 4.68. The minimum atomic E-state index is -1.09. The number of piperidine rings is 1. The molecule has 3 heterocycles. The number of benzene rings is 1. The van der Waals surface area contributed by atoms with Crippen molar-refractivity contribution >= 4 is 38.4 Å². The third-order valence-electron chi connectivity index (χ3n) is 5.76. The first-order valence-corrected chi connectivity index (χ1v) is 11.7. The Morgan fingerprint density at radius 1 is 1.18 bits per heavy atom. The molecule has 1 N–H and O–H groups in total. The van der Waals surface area contributed by atoms with Gasteiger partial charge in [0, 0.05) is 31.4 Å². The fourth-order valence-corrected chi connectivity index (χ4v) is 4.96. The van der Waals surface area contributed by atoms with Crippen LogP contribution in [0.25, 0.3) is 10.3 Å². The lowest BCUT2D eigenvalue weighted by atomic mass is 10.00. The summed E-state index contributed by atoms with van der Waals surface area (Å²) in [5.41, 5.74) is -0.815. The molecule has 0 spiro atoms.